The van der Waals surface area contributed by atoms with Gasteiger partial charge in [-0.15, -0.1) is 0 Å². The molecule has 2 rings (SSSR count). The summed E-state index contributed by atoms with van der Waals surface area (Å²) in [4.78, 5) is 13.8. The molecule has 0 aromatic heterocycles. The van der Waals surface area contributed by atoms with Crippen molar-refractivity contribution in [1.82, 2.24) is 4.90 Å². The van der Waals surface area contributed by atoms with Gasteiger partial charge in [-0.1, -0.05) is 12.0 Å². The Bertz CT molecular complexity index is 292. The molecule has 1 heterocycles. The first kappa shape index (κ1) is 10.7. The molecule has 0 spiro atoms. The molecule has 1 saturated carbocycles. The molecule has 0 amide bonds. The molecule has 0 unspecified atom stereocenters. The summed E-state index contributed by atoms with van der Waals surface area (Å²) in [6.07, 6.45) is 4.89. The minimum absolute atomic E-state index is 0.122. The number of hydrogen-bond acceptors (Lipinski definition) is 3. The van der Waals surface area contributed by atoms with Gasteiger partial charge < -0.3 is 9.64 Å². The first-order valence-electron chi connectivity index (χ1n) is 5.71. The van der Waals surface area contributed by atoms with Gasteiger partial charge in [-0.05, 0) is 32.2 Å². The molecule has 2 aliphatic rings. The van der Waals surface area contributed by atoms with Crippen LogP contribution in [0.1, 0.15) is 25.7 Å². The van der Waals surface area contributed by atoms with Crippen LogP contribution >= 0.6 is 0 Å². The van der Waals surface area contributed by atoms with Gasteiger partial charge in [0, 0.05) is 13.1 Å². The van der Waals surface area contributed by atoms with E-state index >= 15 is 0 Å². The van der Waals surface area contributed by atoms with E-state index in [2.05, 4.69) is 11.9 Å². The van der Waals surface area contributed by atoms with E-state index in [-0.39, 0.29) is 5.97 Å². The number of rotatable bonds is 2. The maximum Gasteiger partial charge on any atom is 0.335 e. The highest BCUT2D eigenvalue weighted by atomic mass is 16.5. The first-order chi connectivity index (χ1) is 7.22. The van der Waals surface area contributed by atoms with Crippen molar-refractivity contribution in [2.24, 2.45) is 5.92 Å². The average molecular weight is 209 g/mol. The van der Waals surface area contributed by atoms with E-state index in [9.17, 15) is 4.79 Å². The molecule has 1 fully saturated rings. The molecule has 84 valence electrons. The second-order valence-electron chi connectivity index (χ2n) is 4.61. The molecular weight excluding hydrogens is 190 g/mol. The molecule has 0 saturated heterocycles. The second kappa shape index (κ2) is 4.35. The molecule has 3 heteroatoms. The Morgan fingerprint density at radius 2 is 2.20 bits per heavy atom. The van der Waals surface area contributed by atoms with Crippen LogP contribution in [0, 0.1) is 5.92 Å². The van der Waals surface area contributed by atoms with Gasteiger partial charge in [0.15, 0.2) is 0 Å². The predicted molar refractivity (Wildman–Crippen MR) is 58.5 cm³/mol. The normalized spacial score (nSPS) is 23.9. The third kappa shape index (κ3) is 2.07. The van der Waals surface area contributed by atoms with Crippen molar-refractivity contribution in [1.29, 1.82) is 0 Å². The highest BCUT2D eigenvalue weighted by Gasteiger charge is 2.30. The van der Waals surface area contributed by atoms with Crippen molar-refractivity contribution >= 4 is 5.97 Å². The Labute approximate surface area is 91.1 Å². The number of likely N-dealkylation sites (N-methyl/N-ethyl adjacent to an activating group) is 1. The van der Waals surface area contributed by atoms with E-state index in [1.165, 1.54) is 31.9 Å². The summed E-state index contributed by atoms with van der Waals surface area (Å²) in [5.74, 6) is 0.552. The van der Waals surface area contributed by atoms with Crippen molar-refractivity contribution in [2.75, 3.05) is 27.2 Å². The quantitative estimate of drug-likeness (QED) is 0.647. The van der Waals surface area contributed by atoms with Crippen LogP contribution in [0.5, 0.6) is 0 Å². The van der Waals surface area contributed by atoms with E-state index in [0.717, 1.165) is 25.1 Å². The maximum absolute atomic E-state index is 11.7. The first-order valence-corrected chi connectivity index (χ1v) is 5.71. The number of carbonyl (C=O) groups excluding carboxylic acids is 1. The summed E-state index contributed by atoms with van der Waals surface area (Å²) < 4.78 is 4.86. The van der Waals surface area contributed by atoms with Crippen molar-refractivity contribution < 1.29 is 9.53 Å². The fourth-order valence-corrected chi connectivity index (χ4v) is 2.44. The number of carbonyl (C=O) groups is 1. The third-order valence-corrected chi connectivity index (χ3v) is 3.61. The molecule has 0 radical (unpaired) electrons. The Kier molecular flexibility index (Phi) is 3.10. The third-order valence-electron chi connectivity index (χ3n) is 3.61. The van der Waals surface area contributed by atoms with Gasteiger partial charge in [-0.3, -0.25) is 0 Å². The number of esters is 1. The molecule has 0 N–H and O–H groups in total. The lowest BCUT2D eigenvalue weighted by Crippen LogP contribution is -2.34. The highest BCUT2D eigenvalue weighted by Crippen LogP contribution is 2.38. The smallest absolute Gasteiger partial charge is 0.335 e. The lowest BCUT2D eigenvalue weighted by atomic mass is 9.75. The largest absolute Gasteiger partial charge is 0.466 e. The molecule has 0 aromatic rings. The fourth-order valence-electron chi connectivity index (χ4n) is 2.44. The summed E-state index contributed by atoms with van der Waals surface area (Å²) in [5, 5.41) is 0. The van der Waals surface area contributed by atoms with Gasteiger partial charge in [0.05, 0.1) is 12.7 Å². The molecule has 0 bridgehead atoms. The van der Waals surface area contributed by atoms with E-state index in [1.54, 1.807) is 0 Å². The lowest BCUT2D eigenvalue weighted by Gasteiger charge is -2.35. The van der Waals surface area contributed by atoms with Crippen molar-refractivity contribution in [3.63, 3.8) is 0 Å². The summed E-state index contributed by atoms with van der Waals surface area (Å²) in [7, 11) is 3.53. The zero-order chi connectivity index (χ0) is 10.8. The van der Waals surface area contributed by atoms with E-state index in [1.807, 2.05) is 0 Å². The van der Waals surface area contributed by atoms with Crippen LogP contribution in [0.25, 0.3) is 0 Å². The van der Waals surface area contributed by atoms with Crippen LogP contribution in [0.15, 0.2) is 11.1 Å². The maximum atomic E-state index is 11.7. The van der Waals surface area contributed by atoms with Crippen LogP contribution in [0.4, 0.5) is 0 Å². The molecule has 0 aromatic carbocycles. The zero-order valence-electron chi connectivity index (χ0n) is 9.58. The van der Waals surface area contributed by atoms with Gasteiger partial charge in [-0.25, -0.2) is 4.79 Å². The van der Waals surface area contributed by atoms with E-state index < -0.39 is 0 Å². The Balaban J connectivity index is 2.21. The summed E-state index contributed by atoms with van der Waals surface area (Å²) in [5.41, 5.74) is 2.31. The number of methoxy groups -OCH3 is 1. The number of hydrogen-bond donors (Lipinski definition) is 0. The monoisotopic (exact) mass is 209 g/mol. The Hall–Kier alpha value is -0.830. The number of nitrogens with zero attached hydrogens (tertiary/aromatic N) is 1. The minimum atomic E-state index is -0.122. The molecule has 1 aliphatic heterocycles. The number of ether oxygens (including phenoxy) is 1. The fraction of sp³-hybridized carbons (Fsp3) is 0.750. The van der Waals surface area contributed by atoms with E-state index in [4.69, 9.17) is 4.74 Å². The van der Waals surface area contributed by atoms with Crippen molar-refractivity contribution in [3.05, 3.63) is 11.1 Å². The molecule has 1 aliphatic carbocycles. The van der Waals surface area contributed by atoms with Crippen LogP contribution < -0.4 is 0 Å². The second-order valence-corrected chi connectivity index (χ2v) is 4.61. The Morgan fingerprint density at radius 3 is 2.73 bits per heavy atom. The topological polar surface area (TPSA) is 29.5 Å². The molecule has 3 nitrogen and oxygen atoms in total. The van der Waals surface area contributed by atoms with Gasteiger partial charge in [-0.2, -0.15) is 0 Å². The predicted octanol–water partition coefficient (Wildman–Crippen LogP) is 1.59. The van der Waals surface area contributed by atoms with Crippen molar-refractivity contribution in [3.8, 4) is 0 Å². The van der Waals surface area contributed by atoms with Crippen molar-refractivity contribution in [2.45, 2.75) is 25.7 Å². The lowest BCUT2D eigenvalue weighted by molar-refractivity contribution is -0.136. The molecule has 0 atom stereocenters. The average Bonchev–Trinajstić information content (AvgIpc) is 2.17. The van der Waals surface area contributed by atoms with Crippen LogP contribution in [-0.4, -0.2) is 38.1 Å². The standard InChI is InChI=1S/C12H19NO2/c1-13-7-6-10(9-4-3-5-9)11(8-13)12(14)15-2/h9H,3-8H2,1-2H3. The summed E-state index contributed by atoms with van der Waals surface area (Å²) >= 11 is 0. The van der Waals surface area contributed by atoms with Crippen LogP contribution in [-0.2, 0) is 9.53 Å². The summed E-state index contributed by atoms with van der Waals surface area (Å²) in [6.45, 7) is 1.84. The van der Waals surface area contributed by atoms with E-state index in [0.29, 0.717) is 5.92 Å². The van der Waals surface area contributed by atoms with Gasteiger partial charge in [0.1, 0.15) is 0 Å². The van der Waals surface area contributed by atoms with Gasteiger partial charge in [0.2, 0.25) is 0 Å². The van der Waals surface area contributed by atoms with Gasteiger partial charge >= 0.3 is 5.97 Å². The Morgan fingerprint density at radius 1 is 1.47 bits per heavy atom. The molecule has 15 heavy (non-hydrogen) atoms. The van der Waals surface area contributed by atoms with Gasteiger partial charge in [0.25, 0.3) is 0 Å². The zero-order valence-corrected chi connectivity index (χ0v) is 9.58. The SMILES string of the molecule is COC(=O)C1=C(C2CCC2)CCN(C)C1. The molecular formula is C12H19NO2. The minimum Gasteiger partial charge on any atom is -0.466 e. The highest BCUT2D eigenvalue weighted by molar-refractivity contribution is 5.90. The summed E-state index contributed by atoms with van der Waals surface area (Å²) in [6, 6.07) is 0. The van der Waals surface area contributed by atoms with Crippen LogP contribution in [0.3, 0.4) is 0 Å². The van der Waals surface area contributed by atoms with Crippen LogP contribution in [0.2, 0.25) is 0 Å².